The van der Waals surface area contributed by atoms with Crippen molar-refractivity contribution in [3.63, 3.8) is 0 Å². The van der Waals surface area contributed by atoms with Crippen LogP contribution >= 0.6 is 0 Å². The summed E-state index contributed by atoms with van der Waals surface area (Å²) in [6, 6.07) is 6.03. The monoisotopic (exact) mass is 430 g/mol. The molecule has 2 unspecified atom stereocenters. The second-order valence-electron chi connectivity index (χ2n) is 7.69. The topological polar surface area (TPSA) is 88.3 Å². The second kappa shape index (κ2) is 7.33. The maximum atomic E-state index is 12.9. The van der Waals surface area contributed by atoms with Crippen molar-refractivity contribution in [2.24, 2.45) is 11.8 Å². The molecule has 0 spiro atoms. The number of likely N-dealkylation sites (tertiary alicyclic amines) is 1. The van der Waals surface area contributed by atoms with Crippen molar-refractivity contribution in [2.75, 3.05) is 31.1 Å². The number of pyridine rings is 1. The Morgan fingerprint density at radius 2 is 1.87 bits per heavy atom. The predicted octanol–water partition coefficient (Wildman–Crippen LogP) is 2.75. The molecule has 2 aliphatic heterocycles. The minimum atomic E-state index is -4.51. The summed E-state index contributed by atoms with van der Waals surface area (Å²) >= 11 is 0. The standard InChI is InChI=1S/C20H17F3N6O2/c21-20(22,23)17-3-5-25-19(26-17)29-10-13-8-28(9-14(13)11-29)18(30)15-6-16(31-27-15)12-2-1-4-24-7-12/h1-7,13-14H,8-11H2. The number of aromatic nitrogens is 4. The average Bonchev–Trinajstić information content (AvgIpc) is 3.48. The Labute approximate surface area is 174 Å². The fraction of sp³-hybridized carbons (Fsp3) is 0.350. The molecule has 3 aromatic rings. The number of hydrogen-bond acceptors (Lipinski definition) is 7. The smallest absolute Gasteiger partial charge is 0.355 e. The van der Waals surface area contributed by atoms with Gasteiger partial charge in [-0.1, -0.05) is 5.16 Å². The first-order valence-corrected chi connectivity index (χ1v) is 9.70. The first kappa shape index (κ1) is 19.5. The van der Waals surface area contributed by atoms with Crippen LogP contribution in [0.1, 0.15) is 16.2 Å². The quantitative estimate of drug-likeness (QED) is 0.631. The summed E-state index contributed by atoms with van der Waals surface area (Å²) in [7, 11) is 0. The maximum absolute atomic E-state index is 12.9. The molecule has 2 atom stereocenters. The highest BCUT2D eigenvalue weighted by atomic mass is 19.4. The highest BCUT2D eigenvalue weighted by Gasteiger charge is 2.43. The molecule has 160 valence electrons. The third kappa shape index (κ3) is 3.71. The van der Waals surface area contributed by atoms with E-state index in [0.717, 1.165) is 17.8 Å². The van der Waals surface area contributed by atoms with Crippen LogP contribution < -0.4 is 4.90 Å². The average molecular weight is 430 g/mol. The molecule has 31 heavy (non-hydrogen) atoms. The van der Waals surface area contributed by atoms with E-state index >= 15 is 0 Å². The Hall–Kier alpha value is -3.50. The van der Waals surface area contributed by atoms with Crippen LogP contribution in [0.3, 0.4) is 0 Å². The Balaban J connectivity index is 1.25. The summed E-state index contributed by atoms with van der Waals surface area (Å²) in [6.07, 6.45) is -0.121. The largest absolute Gasteiger partial charge is 0.433 e. The van der Waals surface area contributed by atoms with E-state index in [0.29, 0.717) is 31.9 Å². The van der Waals surface area contributed by atoms with Gasteiger partial charge in [0.1, 0.15) is 5.69 Å². The maximum Gasteiger partial charge on any atom is 0.433 e. The molecule has 2 fully saturated rings. The third-order valence-corrected chi connectivity index (χ3v) is 5.66. The van der Waals surface area contributed by atoms with Gasteiger partial charge in [0.25, 0.3) is 5.91 Å². The molecule has 0 aromatic carbocycles. The van der Waals surface area contributed by atoms with E-state index in [4.69, 9.17) is 4.52 Å². The van der Waals surface area contributed by atoms with Gasteiger partial charge in [0.05, 0.1) is 0 Å². The molecular weight excluding hydrogens is 413 g/mol. The first-order chi connectivity index (χ1) is 14.9. The highest BCUT2D eigenvalue weighted by Crippen LogP contribution is 2.35. The van der Waals surface area contributed by atoms with Crippen LogP contribution in [0.25, 0.3) is 11.3 Å². The van der Waals surface area contributed by atoms with Gasteiger partial charge in [-0.2, -0.15) is 13.2 Å². The lowest BCUT2D eigenvalue weighted by molar-refractivity contribution is -0.141. The highest BCUT2D eigenvalue weighted by molar-refractivity contribution is 5.93. The summed E-state index contributed by atoms with van der Waals surface area (Å²) in [6.45, 7) is 1.98. The van der Waals surface area contributed by atoms with E-state index in [-0.39, 0.29) is 29.4 Å². The zero-order chi connectivity index (χ0) is 21.6. The number of anilines is 1. The van der Waals surface area contributed by atoms with Crippen molar-refractivity contribution >= 4 is 11.9 Å². The number of carbonyl (C=O) groups excluding carboxylic acids is 1. The van der Waals surface area contributed by atoms with Crippen LogP contribution in [0.2, 0.25) is 0 Å². The SMILES string of the molecule is O=C(c1cc(-c2cccnc2)on1)N1CC2CN(c3nccc(C(F)(F)F)n3)CC2C1. The molecule has 0 aliphatic carbocycles. The molecule has 2 saturated heterocycles. The number of hydrogen-bond donors (Lipinski definition) is 0. The number of carbonyl (C=O) groups is 1. The Morgan fingerprint density at radius 3 is 2.55 bits per heavy atom. The lowest BCUT2D eigenvalue weighted by Gasteiger charge is -2.21. The zero-order valence-corrected chi connectivity index (χ0v) is 16.2. The van der Waals surface area contributed by atoms with Crippen molar-refractivity contribution in [2.45, 2.75) is 6.18 Å². The van der Waals surface area contributed by atoms with Crippen LogP contribution in [-0.2, 0) is 6.18 Å². The van der Waals surface area contributed by atoms with Crippen LogP contribution in [0.5, 0.6) is 0 Å². The van der Waals surface area contributed by atoms with Crippen molar-refractivity contribution in [1.29, 1.82) is 0 Å². The molecule has 11 heteroatoms. The van der Waals surface area contributed by atoms with Gasteiger partial charge in [-0.25, -0.2) is 9.97 Å². The van der Waals surface area contributed by atoms with Gasteiger partial charge in [0.2, 0.25) is 5.95 Å². The van der Waals surface area contributed by atoms with Gasteiger partial charge >= 0.3 is 6.18 Å². The summed E-state index contributed by atoms with van der Waals surface area (Å²) in [4.78, 5) is 28.0. The number of fused-ring (bicyclic) bond motifs is 1. The van der Waals surface area contributed by atoms with E-state index in [1.807, 2.05) is 6.07 Å². The van der Waals surface area contributed by atoms with Gasteiger partial charge in [0.15, 0.2) is 11.5 Å². The molecule has 0 radical (unpaired) electrons. The van der Waals surface area contributed by atoms with Gasteiger partial charge < -0.3 is 14.3 Å². The fourth-order valence-corrected chi connectivity index (χ4v) is 4.16. The zero-order valence-electron chi connectivity index (χ0n) is 16.2. The summed E-state index contributed by atoms with van der Waals surface area (Å²) in [5.41, 5.74) is -0.0113. The molecule has 5 heterocycles. The van der Waals surface area contributed by atoms with Crippen molar-refractivity contribution in [3.8, 4) is 11.3 Å². The molecule has 0 N–H and O–H groups in total. The van der Waals surface area contributed by atoms with Crippen LogP contribution in [0.15, 0.2) is 47.4 Å². The number of nitrogens with zero attached hydrogens (tertiary/aromatic N) is 6. The van der Waals surface area contributed by atoms with E-state index in [9.17, 15) is 18.0 Å². The minimum absolute atomic E-state index is 0.0692. The molecule has 5 rings (SSSR count). The van der Waals surface area contributed by atoms with Crippen LogP contribution in [0, 0.1) is 11.8 Å². The summed E-state index contributed by atoms with van der Waals surface area (Å²) in [5.74, 6) is 0.567. The molecule has 3 aromatic heterocycles. The van der Waals surface area contributed by atoms with Gasteiger partial charge in [-0.05, 0) is 18.2 Å². The van der Waals surface area contributed by atoms with Crippen molar-refractivity contribution in [1.82, 2.24) is 25.0 Å². The molecule has 8 nitrogen and oxygen atoms in total. The third-order valence-electron chi connectivity index (χ3n) is 5.66. The van der Waals surface area contributed by atoms with Crippen LogP contribution in [0.4, 0.5) is 19.1 Å². The van der Waals surface area contributed by atoms with E-state index < -0.39 is 11.9 Å². The molecular formula is C20H17F3N6O2. The Bertz CT molecular complexity index is 1090. The van der Waals surface area contributed by atoms with Gasteiger partial charge in [-0.15, -0.1) is 0 Å². The Kier molecular flexibility index (Phi) is 4.60. The predicted molar refractivity (Wildman–Crippen MR) is 102 cm³/mol. The lowest BCUT2D eigenvalue weighted by Crippen LogP contribution is -2.34. The van der Waals surface area contributed by atoms with E-state index in [1.165, 1.54) is 0 Å². The van der Waals surface area contributed by atoms with Crippen molar-refractivity contribution in [3.05, 3.63) is 54.2 Å². The second-order valence-corrected chi connectivity index (χ2v) is 7.69. The lowest BCUT2D eigenvalue weighted by atomic mass is 10.0. The number of alkyl halides is 3. The summed E-state index contributed by atoms with van der Waals surface area (Å²) < 4.78 is 44.1. The number of rotatable bonds is 3. The number of halogens is 3. The molecule has 1 amide bonds. The fourth-order valence-electron chi connectivity index (χ4n) is 4.16. The van der Waals surface area contributed by atoms with Gasteiger partial charge in [0, 0.05) is 68.2 Å². The van der Waals surface area contributed by atoms with E-state index in [1.54, 1.807) is 34.3 Å². The number of amides is 1. The van der Waals surface area contributed by atoms with E-state index in [2.05, 4.69) is 20.1 Å². The van der Waals surface area contributed by atoms with Crippen LogP contribution in [-0.4, -0.2) is 57.1 Å². The van der Waals surface area contributed by atoms with Crippen molar-refractivity contribution < 1.29 is 22.5 Å². The molecule has 0 saturated carbocycles. The minimum Gasteiger partial charge on any atom is -0.355 e. The first-order valence-electron chi connectivity index (χ1n) is 9.70. The molecule has 2 aliphatic rings. The normalized spacial score (nSPS) is 20.9. The summed E-state index contributed by atoms with van der Waals surface area (Å²) in [5, 5.41) is 3.90. The Morgan fingerprint density at radius 1 is 1.10 bits per heavy atom. The van der Waals surface area contributed by atoms with Gasteiger partial charge in [-0.3, -0.25) is 9.78 Å². The molecule has 0 bridgehead atoms.